The zero-order valence-corrected chi connectivity index (χ0v) is 25.5. The van der Waals surface area contributed by atoms with Crippen LogP contribution in [-0.2, 0) is 66.1 Å². The molecule has 0 aliphatic rings. The van der Waals surface area contributed by atoms with E-state index in [0.29, 0.717) is 0 Å². The second-order valence-corrected chi connectivity index (χ2v) is 8.36. The number of rotatable bonds is 2. The third-order valence-electron chi connectivity index (χ3n) is 4.98. The average molecular weight is 728 g/mol. The van der Waals surface area contributed by atoms with Crippen molar-refractivity contribution < 1.29 is 52.3 Å². The van der Waals surface area contributed by atoms with Crippen molar-refractivity contribution in [2.75, 3.05) is 24.6 Å². The zero-order valence-electron chi connectivity index (χ0n) is 20.7. The Balaban J connectivity index is 0.000000287. The molecule has 0 saturated carbocycles. The molecule has 0 aliphatic carbocycles. The van der Waals surface area contributed by atoms with Gasteiger partial charge in [0.05, 0.1) is 35.2 Å². The molecule has 6 N–H and O–H groups in total. The number of aromatic nitrogens is 4. The van der Waals surface area contributed by atoms with Gasteiger partial charge in [-0.25, -0.2) is 0 Å². The van der Waals surface area contributed by atoms with Gasteiger partial charge >= 0.3 is 0 Å². The minimum atomic E-state index is 0. The van der Waals surface area contributed by atoms with Crippen LogP contribution in [0.25, 0.3) is 43.6 Å². The van der Waals surface area contributed by atoms with Gasteiger partial charge in [0, 0.05) is 87.2 Å². The van der Waals surface area contributed by atoms with Crippen LogP contribution in [0.2, 0.25) is 0 Å². The molecule has 4 heterocycles. The Bertz CT molecular complexity index is 1290. The molecule has 6 aromatic rings. The molecule has 0 spiro atoms. The zero-order chi connectivity index (χ0) is 25.6. The summed E-state index contributed by atoms with van der Waals surface area (Å²) in [5.41, 5.74) is 10.9. The van der Waals surface area contributed by atoms with Crippen LogP contribution < -0.4 is 11.5 Å². The Hall–Kier alpha value is -1.98. The predicted octanol–water partition coefficient (Wildman–Crippen LogP) is 3.11. The van der Waals surface area contributed by atoms with E-state index >= 15 is 0 Å². The molecule has 0 atom stereocenters. The van der Waals surface area contributed by atoms with Crippen LogP contribution in [0.15, 0.2) is 97.6 Å². The minimum Gasteiger partial charge on any atom is -0.787 e. The maximum atomic E-state index is 4.49. The van der Waals surface area contributed by atoms with Gasteiger partial charge in [0.1, 0.15) is 0 Å². The first-order valence-electron chi connectivity index (χ1n) is 11.6. The van der Waals surface area contributed by atoms with E-state index in [1.165, 1.54) is 0 Å². The third kappa shape index (κ3) is 9.65. The average Bonchev–Trinajstić information content (AvgIpc) is 2.97. The molecule has 0 unspecified atom stereocenters. The van der Waals surface area contributed by atoms with Crippen molar-refractivity contribution in [2.24, 2.45) is 0 Å². The number of benzene rings is 2. The molecule has 2 aromatic carbocycles. The topological polar surface area (TPSA) is 107 Å². The van der Waals surface area contributed by atoms with Crippen LogP contribution in [0.1, 0.15) is 0 Å². The monoisotopic (exact) mass is 726 g/mol. The van der Waals surface area contributed by atoms with Crippen LogP contribution >= 0.6 is 0 Å². The van der Waals surface area contributed by atoms with Gasteiger partial charge in [-0.15, -0.1) is 11.5 Å². The largest absolute Gasteiger partial charge is 0.787 e. The summed E-state index contributed by atoms with van der Waals surface area (Å²) in [6, 6.07) is 24.3. The van der Waals surface area contributed by atoms with Crippen LogP contribution in [0.3, 0.4) is 0 Å². The molecular formula is C28H30N6Pd2S2. The van der Waals surface area contributed by atoms with Crippen LogP contribution in [0.4, 0.5) is 0 Å². The van der Waals surface area contributed by atoms with Gasteiger partial charge in [-0.05, 0) is 24.3 Å². The molecule has 204 valence electrons. The maximum absolute atomic E-state index is 4.49. The van der Waals surface area contributed by atoms with Gasteiger partial charge in [0.15, 0.2) is 0 Å². The van der Waals surface area contributed by atoms with E-state index in [9.17, 15) is 0 Å². The van der Waals surface area contributed by atoms with Crippen LogP contribution in [-0.4, -0.2) is 44.5 Å². The van der Waals surface area contributed by atoms with Crippen LogP contribution in [0, 0.1) is 0 Å². The molecular weight excluding hydrogens is 697 g/mol. The standard InChI is InChI=1S/2C12H8N2.2C2H7NS.2Pd/c2*1-3-9-5-6-10-4-2-8-14-12(10)11(9)13-7-1;2*3-1-2-4;;/h2*1-8H;2*4H,1-3H2;;. The Kier molecular flexibility index (Phi) is 17.2. The molecule has 0 aliphatic heterocycles. The quantitative estimate of drug-likeness (QED) is 0.162. The SMILES string of the molecule is [NH3+]CC[S-].[NH3+]CC[S-].[Pd].[Pd].c1cnc2c(c1)ccc1cccnc12.c1cnc2c(c1)ccc1cccnc12. The summed E-state index contributed by atoms with van der Waals surface area (Å²) >= 11 is 8.98. The normalized spacial score (nSPS) is 9.58. The molecule has 6 nitrogen and oxygen atoms in total. The summed E-state index contributed by atoms with van der Waals surface area (Å²) in [6.07, 6.45) is 7.21. The van der Waals surface area contributed by atoms with E-state index in [-0.39, 0.29) is 40.8 Å². The molecule has 4 aromatic heterocycles. The molecule has 0 fully saturated rings. The molecule has 0 saturated heterocycles. The predicted molar refractivity (Wildman–Crippen MR) is 154 cm³/mol. The Morgan fingerprint density at radius 1 is 0.447 bits per heavy atom. The summed E-state index contributed by atoms with van der Waals surface area (Å²) in [6.45, 7) is 1.77. The summed E-state index contributed by atoms with van der Waals surface area (Å²) < 4.78 is 0. The van der Waals surface area contributed by atoms with Crippen molar-refractivity contribution in [1.29, 1.82) is 0 Å². The van der Waals surface area contributed by atoms with E-state index in [1.54, 1.807) is 24.8 Å². The number of hydrogen-bond donors (Lipinski definition) is 2. The van der Waals surface area contributed by atoms with Crippen molar-refractivity contribution in [3.63, 3.8) is 0 Å². The first-order valence-corrected chi connectivity index (χ1v) is 12.8. The van der Waals surface area contributed by atoms with Gasteiger partial charge in [-0.1, -0.05) is 48.5 Å². The van der Waals surface area contributed by atoms with Crippen LogP contribution in [0.5, 0.6) is 0 Å². The third-order valence-corrected chi connectivity index (χ3v) is 5.56. The first-order chi connectivity index (χ1) is 17.7. The fourth-order valence-electron chi connectivity index (χ4n) is 3.36. The van der Waals surface area contributed by atoms with E-state index in [0.717, 1.165) is 68.2 Å². The summed E-state index contributed by atoms with van der Waals surface area (Å²) in [5.74, 6) is 1.58. The van der Waals surface area contributed by atoms with E-state index < -0.39 is 0 Å². The van der Waals surface area contributed by atoms with Gasteiger partial charge in [-0.2, -0.15) is 0 Å². The van der Waals surface area contributed by atoms with Crippen molar-refractivity contribution >= 4 is 68.9 Å². The van der Waals surface area contributed by atoms with Gasteiger partial charge in [0.25, 0.3) is 0 Å². The number of pyridine rings is 4. The van der Waals surface area contributed by atoms with E-state index in [4.69, 9.17) is 0 Å². The number of fused-ring (bicyclic) bond motifs is 6. The Morgan fingerprint density at radius 3 is 0.842 bits per heavy atom. The maximum Gasteiger partial charge on any atom is 0.0964 e. The minimum absolute atomic E-state index is 0. The van der Waals surface area contributed by atoms with Gasteiger partial charge in [-0.3, -0.25) is 19.9 Å². The molecule has 0 bridgehead atoms. The first kappa shape index (κ1) is 34.1. The summed E-state index contributed by atoms with van der Waals surface area (Å²) in [7, 11) is 0. The van der Waals surface area contributed by atoms with E-state index in [1.807, 2.05) is 24.3 Å². The van der Waals surface area contributed by atoms with Gasteiger partial charge in [0.2, 0.25) is 0 Å². The van der Waals surface area contributed by atoms with Crippen molar-refractivity contribution in [3.8, 4) is 0 Å². The van der Waals surface area contributed by atoms with Crippen molar-refractivity contribution in [3.05, 3.63) is 97.6 Å². The molecule has 38 heavy (non-hydrogen) atoms. The molecule has 0 amide bonds. The second-order valence-electron chi connectivity index (χ2n) is 7.55. The summed E-state index contributed by atoms with van der Waals surface area (Å²) in [5, 5.41) is 4.55. The second kappa shape index (κ2) is 19.1. The summed E-state index contributed by atoms with van der Waals surface area (Å²) in [4.78, 5) is 17.4. The molecule has 0 radical (unpaired) electrons. The fraction of sp³-hybridized carbons (Fsp3) is 0.143. The van der Waals surface area contributed by atoms with Gasteiger partial charge < -0.3 is 36.7 Å². The van der Waals surface area contributed by atoms with Crippen molar-refractivity contribution in [2.45, 2.75) is 0 Å². The molecule has 10 heteroatoms. The number of quaternary nitrogens is 2. The Labute approximate surface area is 261 Å². The van der Waals surface area contributed by atoms with E-state index in [2.05, 4.69) is 105 Å². The number of hydrogen-bond acceptors (Lipinski definition) is 6. The molecule has 6 rings (SSSR count). The number of nitrogens with zero attached hydrogens (tertiary/aromatic N) is 4. The smallest absolute Gasteiger partial charge is 0.0964 e. The van der Waals surface area contributed by atoms with Crippen molar-refractivity contribution in [1.82, 2.24) is 19.9 Å². The fourth-order valence-corrected chi connectivity index (χ4v) is 3.36. The Morgan fingerprint density at radius 2 is 0.658 bits per heavy atom.